The van der Waals surface area contributed by atoms with Crippen molar-refractivity contribution in [1.82, 2.24) is 10.2 Å². The average Bonchev–Trinajstić information content (AvgIpc) is 3.15. The van der Waals surface area contributed by atoms with E-state index in [9.17, 15) is 9.90 Å². The van der Waals surface area contributed by atoms with Crippen molar-refractivity contribution in [3.8, 4) is 11.5 Å². The third-order valence-corrected chi connectivity index (χ3v) is 4.12. The quantitative estimate of drug-likeness (QED) is 0.646. The molecule has 2 heterocycles. The van der Waals surface area contributed by atoms with Crippen LogP contribution in [-0.4, -0.2) is 28.1 Å². The van der Waals surface area contributed by atoms with Gasteiger partial charge in [0.25, 0.3) is 5.22 Å². The summed E-state index contributed by atoms with van der Waals surface area (Å²) in [6.45, 7) is 1.98. The maximum Gasteiger partial charge on any atom is 0.342 e. The maximum absolute atomic E-state index is 11.5. The van der Waals surface area contributed by atoms with Gasteiger partial charge in [0.1, 0.15) is 4.91 Å². The Kier molecular flexibility index (Phi) is 4.44. The third kappa shape index (κ3) is 3.43. The van der Waals surface area contributed by atoms with Crippen molar-refractivity contribution in [2.24, 2.45) is 0 Å². The molecule has 0 aliphatic carbocycles. The van der Waals surface area contributed by atoms with Crippen LogP contribution < -0.4 is 9.47 Å². The van der Waals surface area contributed by atoms with Crippen molar-refractivity contribution in [1.29, 1.82) is 0 Å². The second kappa shape index (κ2) is 6.51. The van der Waals surface area contributed by atoms with Gasteiger partial charge in [-0.3, -0.25) is 0 Å². The van der Waals surface area contributed by atoms with Crippen LogP contribution in [0.15, 0.2) is 26.7 Å². The first-order valence-electron chi connectivity index (χ1n) is 6.61. The lowest BCUT2D eigenvalue weighted by atomic mass is 10.2. The van der Waals surface area contributed by atoms with Gasteiger partial charge in [-0.2, -0.15) is 0 Å². The van der Waals surface area contributed by atoms with Crippen molar-refractivity contribution in [3.63, 3.8) is 0 Å². The standard InChI is InChI=1S/C14H11ClN2O5S/c1-2-12-16-17-14(22-12)23-11(13(18)19)4-7-3-9-10(5-8(7)15)21-6-20-9/h3-5H,2,6H2,1H3,(H,18,19)/b11-4-. The first-order chi connectivity index (χ1) is 11.1. The smallest absolute Gasteiger partial charge is 0.342 e. The first-order valence-corrected chi connectivity index (χ1v) is 7.80. The molecule has 120 valence electrons. The molecule has 23 heavy (non-hydrogen) atoms. The van der Waals surface area contributed by atoms with E-state index in [4.69, 9.17) is 25.5 Å². The van der Waals surface area contributed by atoms with Crippen LogP contribution in [0.1, 0.15) is 18.4 Å². The first kappa shape index (κ1) is 15.7. The minimum atomic E-state index is -1.13. The number of carboxylic acids is 1. The molecule has 1 aromatic heterocycles. The minimum absolute atomic E-state index is 0.00271. The van der Waals surface area contributed by atoms with Crippen LogP contribution in [0.4, 0.5) is 0 Å². The van der Waals surface area contributed by atoms with Gasteiger partial charge in [0.15, 0.2) is 11.5 Å². The molecule has 0 amide bonds. The van der Waals surface area contributed by atoms with Gasteiger partial charge in [-0.15, -0.1) is 10.2 Å². The number of aromatic nitrogens is 2. The molecule has 0 atom stereocenters. The van der Waals surface area contributed by atoms with Crippen LogP contribution >= 0.6 is 23.4 Å². The summed E-state index contributed by atoms with van der Waals surface area (Å²) in [6.07, 6.45) is 2.00. The van der Waals surface area contributed by atoms with Crippen LogP contribution in [0.25, 0.3) is 6.08 Å². The fourth-order valence-corrected chi connectivity index (χ4v) is 2.73. The van der Waals surface area contributed by atoms with Crippen LogP contribution in [0.2, 0.25) is 5.02 Å². The summed E-state index contributed by atoms with van der Waals surface area (Å²) in [7, 11) is 0. The molecule has 2 aromatic rings. The molecule has 0 radical (unpaired) electrons. The van der Waals surface area contributed by atoms with Crippen molar-refractivity contribution < 1.29 is 23.8 Å². The molecule has 0 spiro atoms. The van der Waals surface area contributed by atoms with Gasteiger partial charge in [-0.1, -0.05) is 18.5 Å². The molecule has 0 fully saturated rings. The number of hydrogen-bond donors (Lipinski definition) is 1. The molecule has 0 bridgehead atoms. The summed E-state index contributed by atoms with van der Waals surface area (Å²) in [6, 6.07) is 3.21. The van der Waals surface area contributed by atoms with Crippen LogP contribution in [0, 0.1) is 0 Å². The van der Waals surface area contributed by atoms with Gasteiger partial charge in [-0.25, -0.2) is 4.79 Å². The Balaban J connectivity index is 1.91. The lowest BCUT2D eigenvalue weighted by Gasteiger charge is -2.03. The van der Waals surface area contributed by atoms with E-state index in [0.29, 0.717) is 34.4 Å². The molecular weight excluding hydrogens is 344 g/mol. The Labute approximate surface area is 140 Å². The van der Waals surface area contributed by atoms with E-state index in [1.54, 1.807) is 12.1 Å². The third-order valence-electron chi connectivity index (χ3n) is 2.94. The van der Waals surface area contributed by atoms with E-state index >= 15 is 0 Å². The van der Waals surface area contributed by atoms with E-state index in [-0.39, 0.29) is 16.9 Å². The predicted octanol–water partition coefficient (Wildman–Crippen LogP) is 3.23. The number of aryl methyl sites for hydroxylation is 1. The number of carbonyl (C=O) groups is 1. The van der Waals surface area contributed by atoms with E-state index in [2.05, 4.69) is 10.2 Å². The predicted molar refractivity (Wildman–Crippen MR) is 82.7 cm³/mol. The largest absolute Gasteiger partial charge is 0.477 e. The zero-order chi connectivity index (χ0) is 16.4. The van der Waals surface area contributed by atoms with Crippen molar-refractivity contribution in [2.45, 2.75) is 18.6 Å². The number of rotatable bonds is 5. The summed E-state index contributed by atoms with van der Waals surface area (Å²) in [5, 5.41) is 17.5. The van der Waals surface area contributed by atoms with Crippen LogP contribution in [-0.2, 0) is 11.2 Å². The summed E-state index contributed by atoms with van der Waals surface area (Å²) in [5.74, 6) is 0.362. The molecular formula is C14H11ClN2O5S. The molecule has 7 nitrogen and oxygen atoms in total. The Bertz CT molecular complexity index is 789. The summed E-state index contributed by atoms with van der Waals surface area (Å²) >= 11 is 7.01. The van der Waals surface area contributed by atoms with Gasteiger partial charge in [0.05, 0.1) is 5.02 Å². The van der Waals surface area contributed by atoms with E-state index in [0.717, 1.165) is 11.8 Å². The zero-order valence-electron chi connectivity index (χ0n) is 11.9. The Morgan fingerprint density at radius 1 is 1.39 bits per heavy atom. The highest BCUT2D eigenvalue weighted by Crippen LogP contribution is 2.38. The second-order valence-electron chi connectivity index (χ2n) is 4.46. The lowest BCUT2D eigenvalue weighted by Crippen LogP contribution is -1.97. The van der Waals surface area contributed by atoms with E-state index in [1.165, 1.54) is 6.08 Å². The highest BCUT2D eigenvalue weighted by molar-refractivity contribution is 8.03. The number of halogens is 1. The molecule has 0 saturated carbocycles. The fourth-order valence-electron chi connectivity index (χ4n) is 1.84. The number of hydrogen-bond acceptors (Lipinski definition) is 7. The van der Waals surface area contributed by atoms with Gasteiger partial charge in [-0.05, 0) is 29.5 Å². The number of ether oxygens (including phenoxy) is 2. The molecule has 1 N–H and O–H groups in total. The number of fused-ring (bicyclic) bond motifs is 1. The molecule has 1 aromatic carbocycles. The normalized spacial score (nSPS) is 13.4. The fraction of sp³-hybridized carbons (Fsp3) is 0.214. The molecule has 0 saturated heterocycles. The second-order valence-corrected chi connectivity index (χ2v) is 5.86. The Morgan fingerprint density at radius 3 is 2.78 bits per heavy atom. The zero-order valence-corrected chi connectivity index (χ0v) is 13.5. The number of thioether (sulfide) groups is 1. The van der Waals surface area contributed by atoms with Gasteiger partial charge in [0, 0.05) is 12.5 Å². The molecule has 9 heteroatoms. The monoisotopic (exact) mass is 354 g/mol. The Hall–Kier alpha value is -2.19. The van der Waals surface area contributed by atoms with Gasteiger partial charge < -0.3 is 19.0 Å². The summed E-state index contributed by atoms with van der Waals surface area (Å²) < 4.78 is 15.8. The Morgan fingerprint density at radius 2 is 2.13 bits per heavy atom. The molecule has 1 aliphatic rings. The van der Waals surface area contributed by atoms with E-state index in [1.807, 2.05) is 6.92 Å². The SMILES string of the molecule is CCc1nnc(S/C(=C\c2cc3c(cc2Cl)OCO3)C(=O)O)o1. The van der Waals surface area contributed by atoms with Crippen molar-refractivity contribution in [2.75, 3.05) is 6.79 Å². The number of aliphatic carboxylic acids is 1. The summed E-state index contributed by atoms with van der Waals surface area (Å²) in [5.41, 5.74) is 0.496. The highest BCUT2D eigenvalue weighted by atomic mass is 35.5. The number of nitrogens with zero attached hydrogens (tertiary/aromatic N) is 2. The molecule has 3 rings (SSSR count). The van der Waals surface area contributed by atoms with E-state index < -0.39 is 5.97 Å². The van der Waals surface area contributed by atoms with Crippen molar-refractivity contribution in [3.05, 3.63) is 33.5 Å². The van der Waals surface area contributed by atoms with Gasteiger partial charge >= 0.3 is 5.97 Å². The number of benzene rings is 1. The maximum atomic E-state index is 11.5. The van der Waals surface area contributed by atoms with Crippen molar-refractivity contribution >= 4 is 35.4 Å². The summed E-state index contributed by atoms with van der Waals surface area (Å²) in [4.78, 5) is 11.4. The molecule has 0 unspecified atom stereocenters. The average molecular weight is 355 g/mol. The molecule has 1 aliphatic heterocycles. The number of carboxylic acid groups (broad SMARTS) is 1. The minimum Gasteiger partial charge on any atom is -0.477 e. The highest BCUT2D eigenvalue weighted by Gasteiger charge is 2.19. The van der Waals surface area contributed by atoms with Crippen LogP contribution in [0.5, 0.6) is 11.5 Å². The lowest BCUT2D eigenvalue weighted by molar-refractivity contribution is -0.131. The van der Waals surface area contributed by atoms with Crippen LogP contribution in [0.3, 0.4) is 0 Å². The topological polar surface area (TPSA) is 94.7 Å². The van der Waals surface area contributed by atoms with Gasteiger partial charge in [0.2, 0.25) is 12.7 Å².